The molecular formula is C14H11IN2. The van der Waals surface area contributed by atoms with Gasteiger partial charge in [-0.25, -0.2) is 0 Å². The van der Waals surface area contributed by atoms with Gasteiger partial charge in [-0.3, -0.25) is 0 Å². The number of hydrogen-bond acceptors (Lipinski definition) is 2. The molecule has 0 atom stereocenters. The van der Waals surface area contributed by atoms with Crippen molar-refractivity contribution in [2.24, 2.45) is 0 Å². The van der Waals surface area contributed by atoms with Crippen molar-refractivity contribution in [2.75, 3.05) is 5.32 Å². The molecule has 3 heteroatoms. The highest BCUT2D eigenvalue weighted by Crippen LogP contribution is 2.25. The van der Waals surface area contributed by atoms with Gasteiger partial charge in [0.15, 0.2) is 0 Å². The highest BCUT2D eigenvalue weighted by Gasteiger charge is 2.04. The minimum atomic E-state index is 0.671. The van der Waals surface area contributed by atoms with Crippen LogP contribution in [0, 0.1) is 21.8 Å². The van der Waals surface area contributed by atoms with Crippen molar-refractivity contribution >= 4 is 34.0 Å². The fourth-order valence-corrected chi connectivity index (χ4v) is 2.09. The number of hydrogen-bond donors (Lipinski definition) is 1. The predicted molar refractivity (Wildman–Crippen MR) is 78.3 cm³/mol. The van der Waals surface area contributed by atoms with Crippen LogP contribution in [-0.4, -0.2) is 0 Å². The highest BCUT2D eigenvalue weighted by atomic mass is 127. The lowest BCUT2D eigenvalue weighted by molar-refractivity contribution is 1.40. The van der Waals surface area contributed by atoms with Crippen LogP contribution in [0.2, 0.25) is 0 Å². The summed E-state index contributed by atoms with van der Waals surface area (Å²) in [6.45, 7) is 1.98. The van der Waals surface area contributed by atoms with Crippen LogP contribution in [0.5, 0.6) is 0 Å². The second kappa shape index (κ2) is 5.19. The lowest BCUT2D eigenvalue weighted by Gasteiger charge is -2.10. The average Bonchev–Trinajstić information content (AvgIpc) is 2.34. The van der Waals surface area contributed by atoms with Crippen molar-refractivity contribution in [1.29, 1.82) is 5.26 Å². The first-order chi connectivity index (χ1) is 8.20. The molecule has 0 amide bonds. The average molecular weight is 334 g/mol. The van der Waals surface area contributed by atoms with E-state index in [-0.39, 0.29) is 0 Å². The summed E-state index contributed by atoms with van der Waals surface area (Å²) in [4.78, 5) is 0. The van der Waals surface area contributed by atoms with Crippen LogP contribution in [0.25, 0.3) is 0 Å². The summed E-state index contributed by atoms with van der Waals surface area (Å²) in [6, 6.07) is 16.0. The predicted octanol–water partition coefficient (Wildman–Crippen LogP) is 4.21. The normalized spacial score (nSPS) is 9.71. The maximum Gasteiger partial charge on any atom is 0.101 e. The lowest BCUT2D eigenvalue weighted by atomic mass is 10.1. The molecule has 0 aliphatic heterocycles. The first-order valence-electron chi connectivity index (χ1n) is 5.23. The summed E-state index contributed by atoms with van der Waals surface area (Å²) < 4.78 is 1.13. The van der Waals surface area contributed by atoms with Gasteiger partial charge in [-0.05, 0) is 59.3 Å². The number of para-hydroxylation sites is 1. The molecule has 0 radical (unpaired) electrons. The van der Waals surface area contributed by atoms with Gasteiger partial charge < -0.3 is 5.32 Å². The number of nitriles is 1. The van der Waals surface area contributed by atoms with Crippen LogP contribution in [0.4, 0.5) is 11.4 Å². The fraction of sp³-hybridized carbons (Fsp3) is 0.0714. The lowest BCUT2D eigenvalue weighted by Crippen LogP contribution is -1.95. The van der Waals surface area contributed by atoms with Crippen LogP contribution in [0.15, 0.2) is 42.5 Å². The third kappa shape index (κ3) is 2.77. The topological polar surface area (TPSA) is 35.8 Å². The van der Waals surface area contributed by atoms with Crippen LogP contribution >= 0.6 is 22.6 Å². The zero-order valence-corrected chi connectivity index (χ0v) is 11.5. The van der Waals surface area contributed by atoms with Gasteiger partial charge in [0.2, 0.25) is 0 Å². The summed E-state index contributed by atoms with van der Waals surface area (Å²) >= 11 is 2.27. The molecule has 2 rings (SSSR count). The first kappa shape index (κ1) is 11.9. The van der Waals surface area contributed by atoms with E-state index >= 15 is 0 Å². The van der Waals surface area contributed by atoms with E-state index in [1.165, 1.54) is 0 Å². The molecular weight excluding hydrogens is 323 g/mol. The largest absolute Gasteiger partial charge is 0.354 e. The SMILES string of the molecule is Cc1ccc(Nc2ccccc2I)c(C#N)c1. The fourth-order valence-electron chi connectivity index (χ4n) is 1.57. The molecule has 0 aliphatic carbocycles. The van der Waals surface area contributed by atoms with Gasteiger partial charge >= 0.3 is 0 Å². The number of benzene rings is 2. The molecule has 0 heterocycles. The Hall–Kier alpha value is -1.54. The zero-order chi connectivity index (χ0) is 12.3. The molecule has 0 saturated heterocycles. The van der Waals surface area contributed by atoms with E-state index < -0.39 is 0 Å². The Morgan fingerprint density at radius 3 is 2.59 bits per heavy atom. The Bertz CT molecular complexity index is 585. The molecule has 0 saturated carbocycles. The second-order valence-corrected chi connectivity index (χ2v) is 4.93. The number of anilines is 2. The van der Waals surface area contributed by atoms with Gasteiger partial charge in [0, 0.05) is 3.57 Å². The van der Waals surface area contributed by atoms with Crippen molar-refractivity contribution < 1.29 is 0 Å². The molecule has 2 aromatic carbocycles. The monoisotopic (exact) mass is 334 g/mol. The van der Waals surface area contributed by atoms with Crippen LogP contribution in [0.1, 0.15) is 11.1 Å². The van der Waals surface area contributed by atoms with Gasteiger partial charge in [-0.1, -0.05) is 18.2 Å². The molecule has 0 aliphatic rings. The molecule has 2 nitrogen and oxygen atoms in total. The highest BCUT2D eigenvalue weighted by molar-refractivity contribution is 14.1. The number of nitrogens with zero attached hydrogens (tertiary/aromatic N) is 1. The molecule has 17 heavy (non-hydrogen) atoms. The van der Waals surface area contributed by atoms with Crippen molar-refractivity contribution in [3.05, 3.63) is 57.2 Å². The molecule has 0 bridgehead atoms. The standard InChI is InChI=1S/C14H11IN2/c1-10-6-7-13(11(8-10)9-16)17-14-5-3-2-4-12(14)15/h2-8,17H,1H3. The van der Waals surface area contributed by atoms with Crippen molar-refractivity contribution in [2.45, 2.75) is 6.92 Å². The minimum Gasteiger partial charge on any atom is -0.354 e. The summed E-state index contributed by atoms with van der Waals surface area (Å²) in [7, 11) is 0. The summed E-state index contributed by atoms with van der Waals surface area (Å²) in [6.07, 6.45) is 0. The van der Waals surface area contributed by atoms with E-state index in [0.717, 1.165) is 20.5 Å². The Morgan fingerprint density at radius 1 is 1.12 bits per heavy atom. The van der Waals surface area contributed by atoms with Crippen molar-refractivity contribution in [3.63, 3.8) is 0 Å². The van der Waals surface area contributed by atoms with Crippen molar-refractivity contribution in [1.82, 2.24) is 0 Å². The minimum absolute atomic E-state index is 0.671. The number of rotatable bonds is 2. The van der Waals surface area contributed by atoms with E-state index in [1.54, 1.807) is 0 Å². The second-order valence-electron chi connectivity index (χ2n) is 3.77. The third-order valence-electron chi connectivity index (χ3n) is 2.44. The van der Waals surface area contributed by atoms with Gasteiger partial charge in [0.1, 0.15) is 6.07 Å². The molecule has 0 fully saturated rings. The molecule has 2 aromatic rings. The maximum absolute atomic E-state index is 9.10. The first-order valence-corrected chi connectivity index (χ1v) is 6.31. The van der Waals surface area contributed by atoms with Gasteiger partial charge in [0.05, 0.1) is 16.9 Å². The zero-order valence-electron chi connectivity index (χ0n) is 9.37. The van der Waals surface area contributed by atoms with E-state index in [1.807, 2.05) is 49.4 Å². The Balaban J connectivity index is 2.37. The summed E-state index contributed by atoms with van der Waals surface area (Å²) in [5.41, 5.74) is 3.63. The van der Waals surface area contributed by atoms with Crippen LogP contribution < -0.4 is 5.32 Å². The van der Waals surface area contributed by atoms with Gasteiger partial charge in [0.25, 0.3) is 0 Å². The Morgan fingerprint density at radius 2 is 1.88 bits per heavy atom. The van der Waals surface area contributed by atoms with E-state index in [2.05, 4.69) is 34.0 Å². The van der Waals surface area contributed by atoms with E-state index in [0.29, 0.717) is 5.56 Å². The van der Waals surface area contributed by atoms with Gasteiger partial charge in [-0.15, -0.1) is 0 Å². The Labute approximate surface area is 114 Å². The number of nitrogens with one attached hydrogen (secondary N) is 1. The molecule has 0 unspecified atom stereocenters. The number of halogens is 1. The Kier molecular flexibility index (Phi) is 3.64. The maximum atomic E-state index is 9.10. The molecule has 1 N–H and O–H groups in total. The summed E-state index contributed by atoms with van der Waals surface area (Å²) in [5, 5.41) is 12.4. The molecule has 0 spiro atoms. The quantitative estimate of drug-likeness (QED) is 0.835. The third-order valence-corrected chi connectivity index (χ3v) is 3.38. The number of aryl methyl sites for hydroxylation is 1. The van der Waals surface area contributed by atoms with Crippen molar-refractivity contribution in [3.8, 4) is 6.07 Å². The summed E-state index contributed by atoms with van der Waals surface area (Å²) in [5.74, 6) is 0. The van der Waals surface area contributed by atoms with Crippen LogP contribution in [-0.2, 0) is 0 Å². The van der Waals surface area contributed by atoms with Crippen LogP contribution in [0.3, 0.4) is 0 Å². The smallest absolute Gasteiger partial charge is 0.101 e. The van der Waals surface area contributed by atoms with Gasteiger partial charge in [-0.2, -0.15) is 5.26 Å². The molecule has 0 aromatic heterocycles. The van der Waals surface area contributed by atoms with E-state index in [4.69, 9.17) is 5.26 Å². The molecule has 84 valence electrons. The van der Waals surface area contributed by atoms with E-state index in [9.17, 15) is 0 Å².